The van der Waals surface area contributed by atoms with Crippen LogP contribution in [0.2, 0.25) is 0 Å². The summed E-state index contributed by atoms with van der Waals surface area (Å²) in [4.78, 5) is 23.2. The van der Waals surface area contributed by atoms with Crippen LogP contribution in [0.1, 0.15) is 24.2 Å². The maximum absolute atomic E-state index is 12.1. The van der Waals surface area contributed by atoms with Gasteiger partial charge in [0.25, 0.3) is 5.91 Å². The number of carbonyl (C=O) groups is 2. The summed E-state index contributed by atoms with van der Waals surface area (Å²) in [6, 6.07) is 4.50. The molecule has 18 heavy (non-hydrogen) atoms. The second kappa shape index (κ2) is 6.05. The first kappa shape index (κ1) is 14.0. The van der Waals surface area contributed by atoms with E-state index < -0.39 is 11.9 Å². The van der Waals surface area contributed by atoms with Gasteiger partial charge in [0.05, 0.1) is 20.3 Å². The number of nitrogens with one attached hydrogen (secondary N) is 1. The number of ether oxygens (including phenoxy) is 2. The van der Waals surface area contributed by atoms with Crippen LogP contribution in [-0.4, -0.2) is 32.0 Å². The standard InChI is InChI=1S/C13H17NO4/c1-8(9(2)15)14-13(16)12-10(17-3)6-5-7-11(12)18-4/h5-8H,1-4H3,(H,14,16). The van der Waals surface area contributed by atoms with Gasteiger partial charge in [-0.1, -0.05) is 6.07 Å². The Morgan fingerprint density at radius 1 is 1.17 bits per heavy atom. The quantitative estimate of drug-likeness (QED) is 0.859. The Balaban J connectivity index is 3.07. The van der Waals surface area contributed by atoms with E-state index in [0.29, 0.717) is 11.5 Å². The molecule has 5 heteroatoms. The first-order valence-corrected chi connectivity index (χ1v) is 5.53. The van der Waals surface area contributed by atoms with Crippen molar-refractivity contribution in [3.8, 4) is 11.5 Å². The molecule has 1 aromatic carbocycles. The minimum Gasteiger partial charge on any atom is -0.496 e. The largest absolute Gasteiger partial charge is 0.496 e. The summed E-state index contributed by atoms with van der Waals surface area (Å²) in [7, 11) is 2.94. The number of Topliss-reactive ketones (excluding diaryl/α,β-unsaturated/α-hetero) is 1. The van der Waals surface area contributed by atoms with Gasteiger partial charge in [-0.15, -0.1) is 0 Å². The zero-order chi connectivity index (χ0) is 13.7. The van der Waals surface area contributed by atoms with Crippen LogP contribution in [0, 0.1) is 0 Å². The molecule has 0 aliphatic heterocycles. The van der Waals surface area contributed by atoms with Gasteiger partial charge in [0.1, 0.15) is 17.1 Å². The van der Waals surface area contributed by atoms with Crippen molar-refractivity contribution in [3.63, 3.8) is 0 Å². The van der Waals surface area contributed by atoms with E-state index in [4.69, 9.17) is 9.47 Å². The highest BCUT2D eigenvalue weighted by Crippen LogP contribution is 2.27. The van der Waals surface area contributed by atoms with E-state index in [1.165, 1.54) is 21.1 Å². The monoisotopic (exact) mass is 251 g/mol. The van der Waals surface area contributed by atoms with Gasteiger partial charge in [0, 0.05) is 0 Å². The van der Waals surface area contributed by atoms with Gasteiger partial charge < -0.3 is 14.8 Å². The zero-order valence-corrected chi connectivity index (χ0v) is 10.9. The maximum atomic E-state index is 12.1. The first-order valence-electron chi connectivity index (χ1n) is 5.53. The Hall–Kier alpha value is -2.04. The molecular formula is C13H17NO4. The molecule has 1 unspecified atom stereocenters. The van der Waals surface area contributed by atoms with Crippen molar-refractivity contribution in [1.29, 1.82) is 0 Å². The summed E-state index contributed by atoms with van der Waals surface area (Å²) in [5, 5.41) is 2.60. The topological polar surface area (TPSA) is 64.6 Å². The lowest BCUT2D eigenvalue weighted by molar-refractivity contribution is -0.118. The number of hydrogen-bond donors (Lipinski definition) is 1. The summed E-state index contributed by atoms with van der Waals surface area (Å²) < 4.78 is 10.3. The van der Waals surface area contributed by atoms with Crippen LogP contribution in [-0.2, 0) is 4.79 Å². The molecule has 1 N–H and O–H groups in total. The van der Waals surface area contributed by atoms with Gasteiger partial charge in [0.2, 0.25) is 0 Å². The molecule has 0 aromatic heterocycles. The Bertz CT molecular complexity index is 434. The van der Waals surface area contributed by atoms with E-state index in [9.17, 15) is 9.59 Å². The molecule has 1 aromatic rings. The van der Waals surface area contributed by atoms with Crippen LogP contribution in [0.3, 0.4) is 0 Å². The Morgan fingerprint density at radius 3 is 2.06 bits per heavy atom. The van der Waals surface area contributed by atoms with Crippen molar-refractivity contribution >= 4 is 11.7 Å². The Labute approximate surface area is 106 Å². The zero-order valence-electron chi connectivity index (χ0n) is 10.9. The summed E-state index contributed by atoms with van der Waals surface area (Å²) in [5.41, 5.74) is 0.288. The van der Waals surface area contributed by atoms with Crippen LogP contribution in [0.5, 0.6) is 11.5 Å². The predicted octanol–water partition coefficient (Wildman–Crippen LogP) is 1.41. The molecule has 0 aliphatic rings. The van der Waals surface area contributed by atoms with Crippen LogP contribution >= 0.6 is 0 Å². The fourth-order valence-electron chi connectivity index (χ4n) is 1.45. The molecular weight excluding hydrogens is 234 g/mol. The van der Waals surface area contributed by atoms with Crippen molar-refractivity contribution in [2.45, 2.75) is 19.9 Å². The fourth-order valence-corrected chi connectivity index (χ4v) is 1.45. The van der Waals surface area contributed by atoms with Crippen molar-refractivity contribution < 1.29 is 19.1 Å². The third kappa shape index (κ3) is 3.00. The van der Waals surface area contributed by atoms with Crippen LogP contribution in [0.4, 0.5) is 0 Å². The van der Waals surface area contributed by atoms with E-state index in [1.807, 2.05) is 0 Å². The fraction of sp³-hybridized carbons (Fsp3) is 0.385. The molecule has 0 aliphatic carbocycles. The number of carbonyl (C=O) groups excluding carboxylic acids is 2. The van der Waals surface area contributed by atoms with Crippen molar-refractivity contribution in [2.24, 2.45) is 0 Å². The minimum atomic E-state index is -0.549. The SMILES string of the molecule is COc1cccc(OC)c1C(=O)NC(C)C(C)=O. The van der Waals surface area contributed by atoms with E-state index in [2.05, 4.69) is 5.32 Å². The smallest absolute Gasteiger partial charge is 0.259 e. The van der Waals surface area contributed by atoms with Crippen LogP contribution in [0.15, 0.2) is 18.2 Å². The summed E-state index contributed by atoms with van der Waals surface area (Å²) in [6.45, 7) is 3.05. The van der Waals surface area contributed by atoms with E-state index in [0.717, 1.165) is 0 Å². The average Bonchev–Trinajstić information content (AvgIpc) is 2.37. The summed E-state index contributed by atoms with van der Waals surface area (Å²) >= 11 is 0. The Morgan fingerprint density at radius 2 is 1.67 bits per heavy atom. The molecule has 98 valence electrons. The number of hydrogen-bond acceptors (Lipinski definition) is 4. The number of ketones is 1. The van der Waals surface area contributed by atoms with Gasteiger partial charge >= 0.3 is 0 Å². The minimum absolute atomic E-state index is 0.114. The molecule has 0 heterocycles. The average molecular weight is 251 g/mol. The molecule has 1 atom stereocenters. The second-order valence-corrected chi connectivity index (χ2v) is 3.84. The third-order valence-electron chi connectivity index (χ3n) is 2.61. The molecule has 0 saturated heterocycles. The highest BCUT2D eigenvalue weighted by molar-refractivity contribution is 6.01. The van der Waals surface area contributed by atoms with E-state index >= 15 is 0 Å². The van der Waals surface area contributed by atoms with Crippen LogP contribution < -0.4 is 14.8 Å². The van der Waals surface area contributed by atoms with Gasteiger partial charge in [-0.3, -0.25) is 9.59 Å². The number of methoxy groups -OCH3 is 2. The number of rotatable bonds is 5. The van der Waals surface area contributed by atoms with Gasteiger partial charge in [-0.2, -0.15) is 0 Å². The highest BCUT2D eigenvalue weighted by Gasteiger charge is 2.20. The summed E-state index contributed by atoms with van der Waals surface area (Å²) in [5.74, 6) is 0.300. The Kier molecular flexibility index (Phi) is 4.71. The van der Waals surface area contributed by atoms with E-state index in [-0.39, 0.29) is 11.3 Å². The lowest BCUT2D eigenvalue weighted by atomic mass is 10.1. The number of benzene rings is 1. The molecule has 0 saturated carbocycles. The van der Waals surface area contributed by atoms with Gasteiger partial charge in [0.15, 0.2) is 5.78 Å². The lowest BCUT2D eigenvalue weighted by Gasteiger charge is -2.15. The normalized spacial score (nSPS) is 11.6. The molecule has 0 spiro atoms. The second-order valence-electron chi connectivity index (χ2n) is 3.84. The van der Waals surface area contributed by atoms with Crippen LogP contribution in [0.25, 0.3) is 0 Å². The summed E-state index contributed by atoms with van der Waals surface area (Å²) in [6.07, 6.45) is 0. The molecule has 5 nitrogen and oxygen atoms in total. The predicted molar refractivity (Wildman–Crippen MR) is 67.2 cm³/mol. The lowest BCUT2D eigenvalue weighted by Crippen LogP contribution is -2.37. The highest BCUT2D eigenvalue weighted by atomic mass is 16.5. The number of amides is 1. The molecule has 0 fully saturated rings. The van der Waals surface area contributed by atoms with Gasteiger partial charge in [-0.25, -0.2) is 0 Å². The first-order chi connectivity index (χ1) is 8.51. The molecule has 0 radical (unpaired) electrons. The molecule has 1 amide bonds. The van der Waals surface area contributed by atoms with Crippen molar-refractivity contribution in [3.05, 3.63) is 23.8 Å². The van der Waals surface area contributed by atoms with Crippen molar-refractivity contribution in [1.82, 2.24) is 5.32 Å². The maximum Gasteiger partial charge on any atom is 0.259 e. The molecule has 0 bridgehead atoms. The van der Waals surface area contributed by atoms with Crippen molar-refractivity contribution in [2.75, 3.05) is 14.2 Å². The van der Waals surface area contributed by atoms with E-state index in [1.54, 1.807) is 25.1 Å². The third-order valence-corrected chi connectivity index (χ3v) is 2.61. The molecule has 1 rings (SSSR count). The van der Waals surface area contributed by atoms with Gasteiger partial charge in [-0.05, 0) is 26.0 Å².